The summed E-state index contributed by atoms with van der Waals surface area (Å²) in [6.07, 6.45) is 4.63. The number of carbonyl (C=O) groups is 1. The molecule has 1 saturated heterocycles. The number of carbonyl (C=O) groups excluding carboxylic acids is 1. The maximum atomic E-state index is 12.3. The number of nitrogens with one attached hydrogen (secondary N) is 1. The van der Waals surface area contributed by atoms with Crippen molar-refractivity contribution in [2.75, 3.05) is 19.8 Å². The number of nitrogens with two attached hydrogens (primary N) is 1. The van der Waals surface area contributed by atoms with Gasteiger partial charge in [-0.2, -0.15) is 0 Å². The van der Waals surface area contributed by atoms with E-state index in [2.05, 4.69) is 5.32 Å². The lowest BCUT2D eigenvalue weighted by atomic mass is 10.1. The number of hydrogen-bond acceptors (Lipinski definition) is 4. The Balaban J connectivity index is 1.56. The number of rotatable bonds is 7. The fourth-order valence-corrected chi connectivity index (χ4v) is 2.81. The smallest absolute Gasteiger partial charge is 0.251 e. The summed E-state index contributed by atoms with van der Waals surface area (Å²) in [6, 6.07) is 7.38. The summed E-state index contributed by atoms with van der Waals surface area (Å²) in [5.41, 5.74) is 6.35. The molecule has 1 aromatic carbocycles. The zero-order chi connectivity index (χ0) is 15.4. The molecule has 5 nitrogen and oxygen atoms in total. The van der Waals surface area contributed by atoms with Gasteiger partial charge < -0.3 is 20.5 Å². The second-order valence-corrected chi connectivity index (χ2v) is 6.13. The van der Waals surface area contributed by atoms with Gasteiger partial charge in [-0.1, -0.05) is 6.07 Å². The van der Waals surface area contributed by atoms with Crippen molar-refractivity contribution in [3.8, 4) is 5.75 Å². The Morgan fingerprint density at radius 1 is 1.41 bits per heavy atom. The Bertz CT molecular complexity index is 510. The van der Waals surface area contributed by atoms with Crippen LogP contribution in [0.5, 0.6) is 5.75 Å². The molecule has 0 spiro atoms. The van der Waals surface area contributed by atoms with Crippen LogP contribution in [0.3, 0.4) is 0 Å². The normalized spacial score (nSPS) is 22.3. The van der Waals surface area contributed by atoms with E-state index in [0.29, 0.717) is 30.4 Å². The highest BCUT2D eigenvalue weighted by Crippen LogP contribution is 2.32. The fraction of sp³-hybridized carbons (Fsp3) is 0.588. The first kappa shape index (κ1) is 15.3. The Hall–Kier alpha value is -1.59. The van der Waals surface area contributed by atoms with Gasteiger partial charge in [0.25, 0.3) is 5.91 Å². The minimum atomic E-state index is -0.0788. The molecule has 3 N–H and O–H groups in total. The summed E-state index contributed by atoms with van der Waals surface area (Å²) in [5.74, 6) is 1.18. The van der Waals surface area contributed by atoms with Crippen LogP contribution in [0.1, 0.15) is 36.0 Å². The maximum Gasteiger partial charge on any atom is 0.251 e. The standard InChI is InChI=1S/C17H24N2O3/c18-10-16(12-6-7-12)19-17(20)13-3-1-4-14(9-13)22-11-15-5-2-8-21-15/h1,3-4,9,12,15-16H,2,5-8,10-11,18H2,(H,19,20). The monoisotopic (exact) mass is 304 g/mol. The van der Waals surface area contributed by atoms with Gasteiger partial charge in [0.1, 0.15) is 12.4 Å². The summed E-state index contributed by atoms with van der Waals surface area (Å²) in [7, 11) is 0. The van der Waals surface area contributed by atoms with Crippen LogP contribution in [0.15, 0.2) is 24.3 Å². The van der Waals surface area contributed by atoms with Gasteiger partial charge in [-0.05, 0) is 49.8 Å². The largest absolute Gasteiger partial charge is 0.491 e. The van der Waals surface area contributed by atoms with Gasteiger partial charge in [-0.15, -0.1) is 0 Å². The molecule has 2 fully saturated rings. The van der Waals surface area contributed by atoms with E-state index in [0.717, 1.165) is 32.3 Å². The SMILES string of the molecule is NCC(NC(=O)c1cccc(OCC2CCCO2)c1)C1CC1. The van der Waals surface area contributed by atoms with Gasteiger partial charge in [-0.3, -0.25) is 4.79 Å². The van der Waals surface area contributed by atoms with Gasteiger partial charge in [0, 0.05) is 24.8 Å². The van der Waals surface area contributed by atoms with E-state index in [-0.39, 0.29) is 18.1 Å². The Morgan fingerprint density at radius 2 is 2.27 bits per heavy atom. The molecule has 1 aromatic rings. The van der Waals surface area contributed by atoms with Crippen molar-refractivity contribution in [2.24, 2.45) is 11.7 Å². The lowest BCUT2D eigenvalue weighted by Crippen LogP contribution is -2.41. The third kappa shape index (κ3) is 3.99. The highest BCUT2D eigenvalue weighted by Gasteiger charge is 2.31. The zero-order valence-corrected chi connectivity index (χ0v) is 12.8. The summed E-state index contributed by atoms with van der Waals surface area (Å²) in [6.45, 7) is 1.85. The van der Waals surface area contributed by atoms with Gasteiger partial charge in [0.15, 0.2) is 0 Å². The maximum absolute atomic E-state index is 12.3. The predicted octanol–water partition coefficient (Wildman–Crippen LogP) is 1.71. The van der Waals surface area contributed by atoms with Crippen molar-refractivity contribution in [1.82, 2.24) is 5.32 Å². The molecule has 1 saturated carbocycles. The number of benzene rings is 1. The Morgan fingerprint density at radius 3 is 2.95 bits per heavy atom. The third-order valence-electron chi connectivity index (χ3n) is 4.32. The predicted molar refractivity (Wildman–Crippen MR) is 83.9 cm³/mol. The highest BCUT2D eigenvalue weighted by atomic mass is 16.5. The molecule has 3 rings (SSSR count). The third-order valence-corrected chi connectivity index (χ3v) is 4.32. The van der Waals surface area contributed by atoms with Gasteiger partial charge in [0.2, 0.25) is 0 Å². The molecule has 2 aliphatic rings. The summed E-state index contributed by atoms with van der Waals surface area (Å²) in [5, 5.41) is 3.03. The fourth-order valence-electron chi connectivity index (χ4n) is 2.81. The highest BCUT2D eigenvalue weighted by molar-refractivity contribution is 5.94. The topological polar surface area (TPSA) is 73.6 Å². The van der Waals surface area contributed by atoms with Gasteiger partial charge in [0.05, 0.1) is 6.10 Å². The minimum Gasteiger partial charge on any atom is -0.491 e. The van der Waals surface area contributed by atoms with E-state index in [1.54, 1.807) is 12.1 Å². The van der Waals surface area contributed by atoms with Crippen molar-refractivity contribution in [3.63, 3.8) is 0 Å². The molecule has 5 heteroatoms. The molecule has 1 aliphatic heterocycles. The second kappa shape index (κ2) is 7.11. The Labute approximate surface area is 131 Å². The minimum absolute atomic E-state index is 0.0788. The van der Waals surface area contributed by atoms with Crippen LogP contribution >= 0.6 is 0 Å². The molecule has 120 valence electrons. The number of amides is 1. The zero-order valence-electron chi connectivity index (χ0n) is 12.8. The van der Waals surface area contributed by atoms with Crippen LogP contribution in [-0.2, 0) is 4.74 Å². The van der Waals surface area contributed by atoms with Gasteiger partial charge >= 0.3 is 0 Å². The van der Waals surface area contributed by atoms with Crippen LogP contribution in [0.2, 0.25) is 0 Å². The molecule has 1 amide bonds. The molecule has 22 heavy (non-hydrogen) atoms. The summed E-state index contributed by atoms with van der Waals surface area (Å²) in [4.78, 5) is 12.3. The van der Waals surface area contributed by atoms with Gasteiger partial charge in [-0.25, -0.2) is 0 Å². The van der Waals surface area contributed by atoms with E-state index in [4.69, 9.17) is 15.2 Å². The molecule has 0 bridgehead atoms. The second-order valence-electron chi connectivity index (χ2n) is 6.13. The molecule has 1 aliphatic carbocycles. The van der Waals surface area contributed by atoms with Crippen molar-refractivity contribution in [2.45, 2.75) is 37.8 Å². The van der Waals surface area contributed by atoms with E-state index < -0.39 is 0 Å². The first-order valence-corrected chi connectivity index (χ1v) is 8.11. The average Bonchev–Trinajstić information content (AvgIpc) is 3.26. The molecular weight excluding hydrogens is 280 g/mol. The average molecular weight is 304 g/mol. The van der Waals surface area contributed by atoms with Crippen LogP contribution in [-0.4, -0.2) is 37.8 Å². The van der Waals surface area contributed by atoms with Crippen molar-refractivity contribution < 1.29 is 14.3 Å². The number of ether oxygens (including phenoxy) is 2. The summed E-state index contributed by atoms with van der Waals surface area (Å²) < 4.78 is 11.3. The first-order chi connectivity index (χ1) is 10.8. The quantitative estimate of drug-likeness (QED) is 0.804. The molecule has 2 atom stereocenters. The van der Waals surface area contributed by atoms with Crippen LogP contribution < -0.4 is 15.8 Å². The first-order valence-electron chi connectivity index (χ1n) is 8.11. The lowest BCUT2D eigenvalue weighted by molar-refractivity contribution is 0.0679. The van der Waals surface area contributed by atoms with E-state index in [9.17, 15) is 4.79 Å². The van der Waals surface area contributed by atoms with E-state index >= 15 is 0 Å². The van der Waals surface area contributed by atoms with Crippen LogP contribution in [0, 0.1) is 5.92 Å². The van der Waals surface area contributed by atoms with Crippen molar-refractivity contribution in [3.05, 3.63) is 29.8 Å². The van der Waals surface area contributed by atoms with E-state index in [1.807, 2.05) is 12.1 Å². The van der Waals surface area contributed by atoms with Crippen molar-refractivity contribution in [1.29, 1.82) is 0 Å². The molecule has 0 radical (unpaired) electrons. The molecule has 1 heterocycles. The molecule has 0 aromatic heterocycles. The summed E-state index contributed by atoms with van der Waals surface area (Å²) >= 11 is 0. The lowest BCUT2D eigenvalue weighted by Gasteiger charge is -2.16. The number of hydrogen-bond donors (Lipinski definition) is 2. The molecule has 2 unspecified atom stereocenters. The molecular formula is C17H24N2O3. The van der Waals surface area contributed by atoms with E-state index in [1.165, 1.54) is 0 Å². The Kier molecular flexibility index (Phi) is 4.95. The van der Waals surface area contributed by atoms with Crippen LogP contribution in [0.4, 0.5) is 0 Å². The van der Waals surface area contributed by atoms with Crippen molar-refractivity contribution >= 4 is 5.91 Å². The van der Waals surface area contributed by atoms with Crippen LogP contribution in [0.25, 0.3) is 0 Å².